The number of hydrogen-bond acceptors (Lipinski definition) is 3. The first-order chi connectivity index (χ1) is 8.04. The maximum Gasteiger partial charge on any atom is 0.435 e. The maximum atomic E-state index is 13.0. The van der Waals surface area contributed by atoms with Crippen molar-refractivity contribution in [3.63, 3.8) is 0 Å². The smallest absolute Gasteiger partial charge is 0.281 e. The molecular weight excluding hydrogens is 269 g/mol. The molecule has 1 saturated carbocycles. The number of aromatic amines is 1. The molecule has 2 fully saturated rings. The highest BCUT2D eigenvalue weighted by Crippen LogP contribution is 2.75. The zero-order valence-corrected chi connectivity index (χ0v) is 10.3. The summed E-state index contributed by atoms with van der Waals surface area (Å²) >= 11 is 3.37. The van der Waals surface area contributed by atoms with Crippen molar-refractivity contribution in [2.24, 2.45) is 5.92 Å². The fraction of sp³-hybridized carbons (Fsp3) is 0.700. The van der Waals surface area contributed by atoms with Gasteiger partial charge < -0.3 is 0 Å². The highest BCUT2D eigenvalue weighted by molar-refractivity contribution is 8.20. The standard InChI is InChI=1S/C10H9F3N2S2/c11-10(12,13)8-6-7(14-15-8)4-3-5(4)9(6)16-1-2-17-9/h4-5H,1-3H2,(H,14,15). The third-order valence-electron chi connectivity index (χ3n) is 3.78. The molecule has 4 rings (SSSR count). The highest BCUT2D eigenvalue weighted by Gasteiger charge is 2.67. The summed E-state index contributed by atoms with van der Waals surface area (Å²) in [7, 11) is 0. The van der Waals surface area contributed by atoms with Crippen LogP contribution in [0.5, 0.6) is 0 Å². The Hall–Kier alpha value is -0.300. The van der Waals surface area contributed by atoms with Gasteiger partial charge in [0.15, 0.2) is 5.69 Å². The molecule has 2 atom stereocenters. The van der Waals surface area contributed by atoms with Gasteiger partial charge in [0.25, 0.3) is 0 Å². The van der Waals surface area contributed by atoms with Crippen molar-refractivity contribution in [2.45, 2.75) is 22.6 Å². The lowest BCUT2D eigenvalue weighted by molar-refractivity contribution is -0.141. The topological polar surface area (TPSA) is 28.7 Å². The number of hydrogen-bond donors (Lipinski definition) is 1. The molecule has 1 aromatic rings. The summed E-state index contributed by atoms with van der Waals surface area (Å²) in [5, 5.41) is 6.17. The Morgan fingerprint density at radius 1 is 1.29 bits per heavy atom. The van der Waals surface area contributed by atoms with Crippen LogP contribution in [0.1, 0.15) is 29.3 Å². The Labute approximate surface area is 104 Å². The molecule has 1 aromatic heterocycles. The van der Waals surface area contributed by atoms with E-state index in [1.807, 2.05) is 0 Å². The van der Waals surface area contributed by atoms with Gasteiger partial charge in [0, 0.05) is 28.7 Å². The van der Waals surface area contributed by atoms with E-state index in [0.717, 1.165) is 23.6 Å². The summed E-state index contributed by atoms with van der Waals surface area (Å²) in [4.78, 5) is 0. The number of nitrogens with one attached hydrogen (secondary N) is 1. The van der Waals surface area contributed by atoms with Gasteiger partial charge in [-0.2, -0.15) is 18.3 Å². The van der Waals surface area contributed by atoms with Crippen LogP contribution < -0.4 is 0 Å². The predicted molar refractivity (Wildman–Crippen MR) is 61.0 cm³/mol. The molecule has 2 heterocycles. The van der Waals surface area contributed by atoms with Crippen molar-refractivity contribution in [3.8, 4) is 0 Å². The first kappa shape index (κ1) is 10.6. The number of halogens is 3. The van der Waals surface area contributed by atoms with E-state index in [1.54, 1.807) is 23.5 Å². The van der Waals surface area contributed by atoms with E-state index in [9.17, 15) is 13.2 Å². The monoisotopic (exact) mass is 278 g/mol. The van der Waals surface area contributed by atoms with Crippen molar-refractivity contribution >= 4 is 23.5 Å². The number of H-pyrrole nitrogens is 1. The van der Waals surface area contributed by atoms with Crippen LogP contribution in [0.15, 0.2) is 0 Å². The third-order valence-corrected chi connectivity index (χ3v) is 7.43. The van der Waals surface area contributed by atoms with Crippen LogP contribution in [-0.4, -0.2) is 21.7 Å². The number of thioether (sulfide) groups is 2. The molecule has 0 aromatic carbocycles. The zero-order valence-electron chi connectivity index (χ0n) is 8.67. The van der Waals surface area contributed by atoms with Gasteiger partial charge in [-0.15, -0.1) is 23.5 Å². The average Bonchev–Trinajstić information content (AvgIpc) is 2.70. The van der Waals surface area contributed by atoms with E-state index in [1.165, 1.54) is 0 Å². The predicted octanol–water partition coefficient (Wildman–Crippen LogP) is 3.18. The summed E-state index contributed by atoms with van der Waals surface area (Å²) in [6, 6.07) is 0. The lowest BCUT2D eigenvalue weighted by Crippen LogP contribution is -2.20. The molecule has 2 unspecified atom stereocenters. The summed E-state index contributed by atoms with van der Waals surface area (Å²) in [5.74, 6) is 2.57. The van der Waals surface area contributed by atoms with Gasteiger partial charge in [-0.3, -0.25) is 5.10 Å². The van der Waals surface area contributed by atoms with Crippen molar-refractivity contribution in [2.75, 3.05) is 11.5 Å². The molecule has 17 heavy (non-hydrogen) atoms. The first-order valence-corrected chi connectivity index (χ1v) is 7.45. The minimum absolute atomic E-state index is 0.298. The van der Waals surface area contributed by atoms with Crippen molar-refractivity contribution in [3.05, 3.63) is 17.0 Å². The second kappa shape index (κ2) is 2.99. The number of aromatic nitrogens is 2. The second-order valence-electron chi connectivity index (χ2n) is 4.67. The Balaban J connectivity index is 1.92. The highest BCUT2D eigenvalue weighted by atomic mass is 32.2. The van der Waals surface area contributed by atoms with E-state index in [-0.39, 0.29) is 4.08 Å². The number of alkyl halides is 3. The zero-order chi connectivity index (χ0) is 11.8. The van der Waals surface area contributed by atoms with Crippen molar-refractivity contribution in [1.29, 1.82) is 0 Å². The fourth-order valence-corrected chi connectivity index (χ4v) is 6.85. The average molecular weight is 278 g/mol. The molecular formula is C10H9F3N2S2. The van der Waals surface area contributed by atoms with Crippen molar-refractivity contribution < 1.29 is 13.2 Å². The SMILES string of the molecule is FC(F)(F)c1n[nH]c2c1C1(SCCS1)C1CC21. The molecule has 2 nitrogen and oxygen atoms in total. The van der Waals surface area contributed by atoms with Crippen LogP contribution >= 0.6 is 23.5 Å². The summed E-state index contributed by atoms with van der Waals surface area (Å²) in [6.07, 6.45) is -3.32. The van der Waals surface area contributed by atoms with Gasteiger partial charge in [-0.05, 0) is 12.3 Å². The van der Waals surface area contributed by atoms with E-state index in [2.05, 4.69) is 10.2 Å². The molecule has 1 N–H and O–H groups in total. The lowest BCUT2D eigenvalue weighted by atomic mass is 10.1. The molecule has 0 radical (unpaired) electrons. The molecule has 92 valence electrons. The van der Waals surface area contributed by atoms with Crippen LogP contribution in [0.25, 0.3) is 0 Å². The second-order valence-corrected chi connectivity index (χ2v) is 7.61. The molecule has 2 aliphatic carbocycles. The Morgan fingerprint density at radius 3 is 2.65 bits per heavy atom. The minimum atomic E-state index is -4.34. The summed E-state index contributed by atoms with van der Waals surface area (Å²) in [6.45, 7) is 0. The maximum absolute atomic E-state index is 13.0. The van der Waals surface area contributed by atoms with Crippen LogP contribution in [0.2, 0.25) is 0 Å². The van der Waals surface area contributed by atoms with Gasteiger partial charge in [0.1, 0.15) is 0 Å². The first-order valence-electron chi connectivity index (χ1n) is 5.48. The molecule has 1 spiro atoms. The molecule has 3 aliphatic rings. The summed E-state index contributed by atoms with van der Waals surface area (Å²) < 4.78 is 38.5. The number of nitrogens with zero attached hydrogens (tertiary/aromatic N) is 1. The molecule has 1 saturated heterocycles. The molecule has 1 aliphatic heterocycles. The van der Waals surface area contributed by atoms with Crippen LogP contribution in [0.4, 0.5) is 13.2 Å². The van der Waals surface area contributed by atoms with Gasteiger partial charge in [-0.1, -0.05) is 0 Å². The van der Waals surface area contributed by atoms with Crippen LogP contribution in [-0.2, 0) is 10.3 Å². The van der Waals surface area contributed by atoms with Gasteiger partial charge in [-0.25, -0.2) is 0 Å². The quantitative estimate of drug-likeness (QED) is 0.790. The molecule has 0 amide bonds. The van der Waals surface area contributed by atoms with Crippen LogP contribution in [0.3, 0.4) is 0 Å². The lowest BCUT2D eigenvalue weighted by Gasteiger charge is -2.25. The fourth-order valence-electron chi connectivity index (χ4n) is 3.09. The largest absolute Gasteiger partial charge is 0.435 e. The number of fused-ring (bicyclic) bond motifs is 5. The van der Waals surface area contributed by atoms with E-state index >= 15 is 0 Å². The van der Waals surface area contributed by atoms with E-state index < -0.39 is 11.9 Å². The Bertz CT molecular complexity index is 490. The van der Waals surface area contributed by atoms with Gasteiger partial charge in [0.05, 0.1) is 4.08 Å². The Morgan fingerprint density at radius 2 is 2.00 bits per heavy atom. The third kappa shape index (κ3) is 1.19. The van der Waals surface area contributed by atoms with Crippen LogP contribution in [0, 0.1) is 5.92 Å². The van der Waals surface area contributed by atoms with Gasteiger partial charge >= 0.3 is 6.18 Å². The summed E-state index contributed by atoms with van der Waals surface area (Å²) in [5.41, 5.74) is 0.532. The normalized spacial score (nSPS) is 32.9. The van der Waals surface area contributed by atoms with Gasteiger partial charge in [0.2, 0.25) is 0 Å². The minimum Gasteiger partial charge on any atom is -0.281 e. The van der Waals surface area contributed by atoms with E-state index in [0.29, 0.717) is 17.4 Å². The molecule has 0 bridgehead atoms. The Kier molecular flexibility index (Phi) is 1.86. The van der Waals surface area contributed by atoms with Crippen molar-refractivity contribution in [1.82, 2.24) is 10.2 Å². The molecule has 7 heteroatoms. The van der Waals surface area contributed by atoms with E-state index in [4.69, 9.17) is 0 Å². The number of rotatable bonds is 0.